The fourth-order valence-corrected chi connectivity index (χ4v) is 6.45. The molecule has 206 valence electrons. The highest BCUT2D eigenvalue weighted by atomic mass is 35.5. The third kappa shape index (κ3) is 4.51. The highest BCUT2D eigenvalue weighted by molar-refractivity contribution is 6.34. The first-order valence-corrected chi connectivity index (χ1v) is 13.9. The van der Waals surface area contributed by atoms with E-state index in [-0.39, 0.29) is 23.6 Å². The number of likely N-dealkylation sites (tertiary alicyclic amines) is 2. The maximum atomic E-state index is 13.7. The van der Waals surface area contributed by atoms with Crippen molar-refractivity contribution in [1.82, 2.24) is 18.9 Å². The van der Waals surface area contributed by atoms with E-state index in [0.29, 0.717) is 47.8 Å². The molecule has 9 heteroatoms. The molecule has 0 radical (unpaired) electrons. The second kappa shape index (κ2) is 10.3. The molecular formula is C31H31ClN4O4. The lowest BCUT2D eigenvalue weighted by atomic mass is 9.96. The maximum Gasteiger partial charge on any atom is 0.317 e. The molecule has 4 aromatic rings. The highest BCUT2D eigenvalue weighted by Gasteiger charge is 2.31. The van der Waals surface area contributed by atoms with Crippen LogP contribution >= 0.6 is 11.6 Å². The van der Waals surface area contributed by atoms with Crippen molar-refractivity contribution >= 4 is 39.3 Å². The maximum absolute atomic E-state index is 13.7. The Labute approximate surface area is 236 Å². The van der Waals surface area contributed by atoms with Crippen LogP contribution in [0.2, 0.25) is 5.02 Å². The second-order valence-electron chi connectivity index (χ2n) is 11.0. The fourth-order valence-electron chi connectivity index (χ4n) is 6.19. The van der Waals surface area contributed by atoms with Gasteiger partial charge < -0.3 is 24.0 Å². The van der Waals surface area contributed by atoms with Crippen LogP contribution in [0.4, 0.5) is 0 Å². The molecule has 1 aromatic heterocycles. The summed E-state index contributed by atoms with van der Waals surface area (Å²) in [7, 11) is 2.04. The molecule has 1 atom stereocenters. The third-order valence-electron chi connectivity index (χ3n) is 8.40. The van der Waals surface area contributed by atoms with Crippen molar-refractivity contribution in [2.24, 2.45) is 5.92 Å². The van der Waals surface area contributed by atoms with Gasteiger partial charge >= 0.3 is 11.1 Å². The number of carbonyl (C=O) groups is 1. The summed E-state index contributed by atoms with van der Waals surface area (Å²) in [5.41, 5.74) is 1.46. The van der Waals surface area contributed by atoms with E-state index in [1.165, 1.54) is 10.6 Å². The number of phenolic OH excluding ortho intramolecular Hbond substituents is 1. The van der Waals surface area contributed by atoms with Crippen LogP contribution in [-0.2, 0) is 17.9 Å². The Kier molecular flexibility index (Phi) is 6.76. The Bertz CT molecular complexity index is 1790. The number of nitrogens with zero attached hydrogens (tertiary/aromatic N) is 4. The number of aromatic nitrogens is 2. The van der Waals surface area contributed by atoms with E-state index >= 15 is 0 Å². The Morgan fingerprint density at radius 1 is 1.02 bits per heavy atom. The van der Waals surface area contributed by atoms with Crippen molar-refractivity contribution in [2.75, 3.05) is 26.7 Å². The smallest absolute Gasteiger partial charge is 0.317 e. The summed E-state index contributed by atoms with van der Waals surface area (Å²) < 4.78 is 3.11. The molecule has 0 unspecified atom stereocenters. The Morgan fingerprint density at radius 2 is 1.73 bits per heavy atom. The van der Waals surface area contributed by atoms with Gasteiger partial charge in [0.2, 0.25) is 5.91 Å². The van der Waals surface area contributed by atoms with Crippen LogP contribution in [0.15, 0.2) is 70.8 Å². The molecule has 3 heterocycles. The Hall–Kier alpha value is -3.88. The van der Waals surface area contributed by atoms with Crippen LogP contribution in [0.3, 0.4) is 0 Å². The van der Waals surface area contributed by atoms with Gasteiger partial charge in [-0.05, 0) is 73.1 Å². The molecule has 1 N–H and O–H groups in total. The van der Waals surface area contributed by atoms with Crippen molar-refractivity contribution in [1.29, 1.82) is 0 Å². The van der Waals surface area contributed by atoms with Gasteiger partial charge in [0.15, 0.2) is 0 Å². The van der Waals surface area contributed by atoms with Crippen molar-refractivity contribution in [3.63, 3.8) is 0 Å². The van der Waals surface area contributed by atoms with E-state index in [1.807, 2.05) is 37.4 Å². The van der Waals surface area contributed by atoms with Crippen LogP contribution in [0, 0.1) is 5.92 Å². The number of rotatable bonds is 6. The van der Waals surface area contributed by atoms with E-state index in [2.05, 4.69) is 11.5 Å². The molecule has 0 aliphatic carbocycles. The third-order valence-corrected chi connectivity index (χ3v) is 8.72. The first-order chi connectivity index (χ1) is 19.2. The van der Waals surface area contributed by atoms with E-state index < -0.39 is 11.1 Å². The van der Waals surface area contributed by atoms with E-state index in [4.69, 9.17) is 11.6 Å². The van der Waals surface area contributed by atoms with Crippen molar-refractivity contribution < 1.29 is 9.90 Å². The molecule has 2 aliphatic rings. The molecule has 6 rings (SSSR count). The quantitative estimate of drug-likeness (QED) is 0.285. The molecular weight excluding hydrogens is 528 g/mol. The second-order valence-corrected chi connectivity index (χ2v) is 11.4. The summed E-state index contributed by atoms with van der Waals surface area (Å²) in [6.45, 7) is 6.18. The minimum atomic E-state index is -0.590. The van der Waals surface area contributed by atoms with Gasteiger partial charge in [0.1, 0.15) is 5.75 Å². The molecule has 1 amide bonds. The van der Waals surface area contributed by atoms with Gasteiger partial charge in [0.25, 0.3) is 0 Å². The first kappa shape index (κ1) is 26.3. The van der Waals surface area contributed by atoms with Crippen molar-refractivity contribution in [3.8, 4) is 16.9 Å². The number of carbonyl (C=O) groups excluding carboxylic acids is 1. The predicted molar refractivity (Wildman–Crippen MR) is 158 cm³/mol. The lowest BCUT2D eigenvalue weighted by Crippen LogP contribution is -2.53. The predicted octanol–water partition coefficient (Wildman–Crippen LogP) is 4.08. The monoisotopic (exact) mass is 558 g/mol. The molecule has 8 nitrogen and oxygen atoms in total. The number of likely N-dealkylation sites (N-methyl/N-ethyl adjacent to an activating group) is 1. The molecule has 2 aliphatic heterocycles. The molecule has 0 saturated carbocycles. The largest absolute Gasteiger partial charge is 0.508 e. The lowest BCUT2D eigenvalue weighted by Gasteiger charge is -2.39. The van der Waals surface area contributed by atoms with Gasteiger partial charge in [-0.15, -0.1) is 0 Å². The van der Waals surface area contributed by atoms with Crippen molar-refractivity contribution in [2.45, 2.75) is 32.0 Å². The molecule has 0 spiro atoms. The number of hydrogen-bond acceptors (Lipinski definition) is 5. The fraction of sp³-hybridized carbons (Fsp3) is 0.323. The highest BCUT2D eigenvalue weighted by Crippen LogP contribution is 2.38. The van der Waals surface area contributed by atoms with E-state index in [9.17, 15) is 19.5 Å². The summed E-state index contributed by atoms with van der Waals surface area (Å²) in [6.07, 6.45) is 3.27. The van der Waals surface area contributed by atoms with Crippen LogP contribution in [0.1, 0.15) is 12.8 Å². The summed E-state index contributed by atoms with van der Waals surface area (Å²) in [5.74, 6) is 0.00785. The SMILES string of the molecule is C=CC(=O)N1CC(Cn2c(=O)c(=O)n(C[C@@H]3CCCN3C)c3cc(-c4cc(O)cc5ccccc45)c(Cl)cc32)C1. The zero-order valence-corrected chi connectivity index (χ0v) is 23.1. The zero-order valence-electron chi connectivity index (χ0n) is 22.3. The van der Waals surface area contributed by atoms with Gasteiger partial charge in [-0.2, -0.15) is 0 Å². The average Bonchev–Trinajstić information content (AvgIpc) is 3.33. The summed E-state index contributed by atoms with van der Waals surface area (Å²) in [5, 5.41) is 12.7. The van der Waals surface area contributed by atoms with Crippen LogP contribution in [0.25, 0.3) is 32.9 Å². The summed E-state index contributed by atoms with van der Waals surface area (Å²) in [4.78, 5) is 43.0. The van der Waals surface area contributed by atoms with Gasteiger partial charge in [-0.1, -0.05) is 42.4 Å². The number of halogens is 1. The number of benzene rings is 3. The number of fused-ring (bicyclic) bond motifs is 2. The molecule has 2 fully saturated rings. The number of amides is 1. The molecule has 3 aromatic carbocycles. The Balaban J connectivity index is 1.54. The standard InChI is InChI=1S/C31H31ClN4O4/c1-3-29(38)34-15-19(16-34)17-35-28-14-26(32)25(24-12-22(37)11-20-7-4-5-9-23(20)24)13-27(28)36(31(40)30(35)39)18-21-8-6-10-33(21)2/h3-5,7,9,11-14,19,21,37H,1,6,8,10,15-18H2,2H3/t21-/m0/s1. The van der Waals surface area contributed by atoms with E-state index in [1.54, 1.807) is 27.7 Å². The van der Waals surface area contributed by atoms with E-state index in [0.717, 1.165) is 35.7 Å². The van der Waals surface area contributed by atoms with Crippen LogP contribution < -0.4 is 11.1 Å². The number of hydrogen-bond donors (Lipinski definition) is 1. The number of aromatic hydroxyl groups is 1. The van der Waals surface area contributed by atoms with Crippen molar-refractivity contribution in [3.05, 3.63) is 86.9 Å². The van der Waals surface area contributed by atoms with Gasteiger partial charge in [0, 0.05) is 43.7 Å². The molecule has 0 bridgehead atoms. The minimum absolute atomic E-state index is 0.0366. The first-order valence-electron chi connectivity index (χ1n) is 13.6. The summed E-state index contributed by atoms with van der Waals surface area (Å²) >= 11 is 6.91. The average molecular weight is 559 g/mol. The van der Waals surface area contributed by atoms with Crippen LogP contribution in [0.5, 0.6) is 5.75 Å². The normalized spacial score (nSPS) is 17.9. The lowest BCUT2D eigenvalue weighted by molar-refractivity contribution is -0.132. The van der Waals surface area contributed by atoms with Crippen LogP contribution in [-0.4, -0.2) is 62.7 Å². The topological polar surface area (TPSA) is 87.8 Å². The van der Waals surface area contributed by atoms with Gasteiger partial charge in [0.05, 0.1) is 16.1 Å². The number of phenols is 1. The summed E-state index contributed by atoms with van der Waals surface area (Å²) in [6, 6.07) is 14.9. The van der Waals surface area contributed by atoms with Gasteiger partial charge in [-0.3, -0.25) is 14.4 Å². The minimum Gasteiger partial charge on any atom is -0.508 e. The molecule has 40 heavy (non-hydrogen) atoms. The molecule has 2 saturated heterocycles. The van der Waals surface area contributed by atoms with Gasteiger partial charge in [-0.25, -0.2) is 0 Å². The zero-order chi connectivity index (χ0) is 28.1. The Morgan fingerprint density at radius 3 is 2.42 bits per heavy atom.